The summed E-state index contributed by atoms with van der Waals surface area (Å²) in [5, 5.41) is 21.7. The average molecular weight is 225 g/mol. The monoisotopic (exact) mass is 225 g/mol. The topological polar surface area (TPSA) is 110 Å². The van der Waals surface area contributed by atoms with Crippen molar-refractivity contribution >= 4 is 11.9 Å². The molecule has 0 radical (unpaired) electrons. The molecule has 8 nitrogen and oxygen atoms in total. The molecule has 1 aliphatic carbocycles. The fourth-order valence-corrected chi connectivity index (χ4v) is 1.34. The first kappa shape index (κ1) is 10.5. The van der Waals surface area contributed by atoms with Crippen molar-refractivity contribution in [2.24, 2.45) is 5.41 Å². The highest BCUT2D eigenvalue weighted by Gasteiger charge is 2.50. The van der Waals surface area contributed by atoms with Crippen LogP contribution in [0.2, 0.25) is 0 Å². The summed E-state index contributed by atoms with van der Waals surface area (Å²) >= 11 is 0. The predicted octanol–water partition coefficient (Wildman–Crippen LogP) is -1.35. The van der Waals surface area contributed by atoms with Crippen molar-refractivity contribution in [3.05, 3.63) is 6.33 Å². The number of rotatable bonds is 5. The van der Waals surface area contributed by atoms with E-state index in [1.54, 1.807) is 0 Å². The van der Waals surface area contributed by atoms with Gasteiger partial charge in [-0.3, -0.25) is 9.59 Å². The fourth-order valence-electron chi connectivity index (χ4n) is 1.34. The molecule has 0 saturated heterocycles. The van der Waals surface area contributed by atoms with Crippen LogP contribution in [0, 0.1) is 5.41 Å². The van der Waals surface area contributed by atoms with E-state index in [0.29, 0.717) is 12.8 Å². The van der Waals surface area contributed by atoms with Crippen LogP contribution in [0.15, 0.2) is 6.33 Å². The predicted molar refractivity (Wildman–Crippen MR) is 50.1 cm³/mol. The van der Waals surface area contributed by atoms with Gasteiger partial charge in [-0.05, 0) is 23.3 Å². The van der Waals surface area contributed by atoms with Crippen molar-refractivity contribution in [2.75, 3.05) is 6.54 Å². The molecule has 16 heavy (non-hydrogen) atoms. The Labute approximate surface area is 90.6 Å². The normalized spacial score (nSPS) is 16.8. The lowest BCUT2D eigenvalue weighted by Gasteiger charge is -2.10. The number of carboxylic acid groups (broad SMARTS) is 1. The number of nitrogens with zero attached hydrogens (tertiary/aromatic N) is 4. The lowest BCUT2D eigenvalue weighted by molar-refractivity contribution is -0.143. The number of amides is 1. The molecule has 2 N–H and O–H groups in total. The number of aliphatic carboxylic acids is 1. The van der Waals surface area contributed by atoms with Crippen LogP contribution in [0.5, 0.6) is 0 Å². The van der Waals surface area contributed by atoms with Gasteiger partial charge in [0.1, 0.15) is 12.9 Å². The van der Waals surface area contributed by atoms with E-state index < -0.39 is 11.4 Å². The lowest BCUT2D eigenvalue weighted by atomic mass is 10.1. The quantitative estimate of drug-likeness (QED) is 0.641. The summed E-state index contributed by atoms with van der Waals surface area (Å²) in [4.78, 5) is 22.2. The maximum Gasteiger partial charge on any atom is 0.311 e. The maximum absolute atomic E-state index is 11.4. The van der Waals surface area contributed by atoms with Crippen molar-refractivity contribution in [1.29, 1.82) is 0 Å². The number of aromatic nitrogens is 4. The minimum Gasteiger partial charge on any atom is -0.481 e. The van der Waals surface area contributed by atoms with Crippen LogP contribution < -0.4 is 5.32 Å². The van der Waals surface area contributed by atoms with Gasteiger partial charge in [-0.1, -0.05) is 0 Å². The number of nitrogens with one attached hydrogen (secondary N) is 1. The maximum atomic E-state index is 11.4. The number of tetrazole rings is 1. The van der Waals surface area contributed by atoms with Gasteiger partial charge in [0.2, 0.25) is 5.91 Å². The Bertz CT molecular complexity index is 398. The first-order valence-electron chi connectivity index (χ1n) is 4.83. The third-order valence-corrected chi connectivity index (χ3v) is 2.63. The Morgan fingerprint density at radius 1 is 1.50 bits per heavy atom. The Hall–Kier alpha value is -1.99. The van der Waals surface area contributed by atoms with Crippen molar-refractivity contribution in [1.82, 2.24) is 25.5 Å². The molecule has 1 saturated carbocycles. The molecule has 1 aliphatic rings. The van der Waals surface area contributed by atoms with Gasteiger partial charge >= 0.3 is 5.97 Å². The summed E-state index contributed by atoms with van der Waals surface area (Å²) < 4.78 is 1.27. The third-order valence-electron chi connectivity index (χ3n) is 2.63. The average Bonchev–Trinajstić information content (AvgIpc) is 2.88. The summed E-state index contributed by atoms with van der Waals surface area (Å²) in [5.74, 6) is -1.14. The van der Waals surface area contributed by atoms with Crippen molar-refractivity contribution in [3.63, 3.8) is 0 Å². The van der Waals surface area contributed by atoms with E-state index >= 15 is 0 Å². The Morgan fingerprint density at radius 3 is 2.75 bits per heavy atom. The fraction of sp³-hybridized carbons (Fsp3) is 0.625. The molecule has 8 heteroatoms. The molecule has 2 rings (SSSR count). The van der Waals surface area contributed by atoms with Crippen molar-refractivity contribution < 1.29 is 14.7 Å². The van der Waals surface area contributed by atoms with Crippen LogP contribution in [0.25, 0.3) is 0 Å². The van der Waals surface area contributed by atoms with Gasteiger partial charge in [-0.15, -0.1) is 5.10 Å². The van der Waals surface area contributed by atoms with Crippen LogP contribution in [-0.2, 0) is 16.1 Å². The highest BCUT2D eigenvalue weighted by atomic mass is 16.4. The van der Waals surface area contributed by atoms with E-state index in [1.807, 2.05) is 0 Å². The highest BCUT2D eigenvalue weighted by molar-refractivity contribution is 5.80. The zero-order chi connectivity index (χ0) is 11.6. The Morgan fingerprint density at radius 2 is 2.25 bits per heavy atom. The van der Waals surface area contributed by atoms with Gasteiger partial charge in [0.25, 0.3) is 0 Å². The Kier molecular flexibility index (Phi) is 2.55. The zero-order valence-electron chi connectivity index (χ0n) is 8.46. The molecule has 1 aromatic rings. The molecular weight excluding hydrogens is 214 g/mol. The van der Waals surface area contributed by atoms with Gasteiger partial charge in [0.15, 0.2) is 0 Å². The number of carbonyl (C=O) groups is 2. The molecule has 86 valence electrons. The second kappa shape index (κ2) is 3.87. The van der Waals surface area contributed by atoms with E-state index in [-0.39, 0.29) is 19.0 Å². The molecule has 0 atom stereocenters. The smallest absolute Gasteiger partial charge is 0.311 e. The molecule has 0 aliphatic heterocycles. The van der Waals surface area contributed by atoms with Gasteiger partial charge in [0.05, 0.1) is 5.41 Å². The van der Waals surface area contributed by atoms with E-state index in [2.05, 4.69) is 20.8 Å². The first-order chi connectivity index (χ1) is 7.62. The van der Waals surface area contributed by atoms with Gasteiger partial charge < -0.3 is 10.4 Å². The molecular formula is C8H11N5O3. The molecule has 0 unspecified atom stereocenters. The van der Waals surface area contributed by atoms with E-state index in [0.717, 1.165) is 0 Å². The highest BCUT2D eigenvalue weighted by Crippen LogP contribution is 2.45. The third kappa shape index (κ3) is 2.15. The summed E-state index contributed by atoms with van der Waals surface area (Å²) in [6, 6.07) is 0. The molecule has 0 spiro atoms. The minimum atomic E-state index is -0.852. The van der Waals surface area contributed by atoms with Gasteiger partial charge in [0, 0.05) is 6.54 Å². The van der Waals surface area contributed by atoms with Crippen LogP contribution in [0.4, 0.5) is 0 Å². The molecule has 0 bridgehead atoms. The summed E-state index contributed by atoms with van der Waals surface area (Å²) in [5.41, 5.74) is -0.740. The van der Waals surface area contributed by atoms with E-state index in [4.69, 9.17) is 5.11 Å². The van der Waals surface area contributed by atoms with Crippen LogP contribution >= 0.6 is 0 Å². The summed E-state index contributed by atoms with van der Waals surface area (Å²) in [7, 11) is 0. The number of hydrogen-bond acceptors (Lipinski definition) is 5. The summed E-state index contributed by atoms with van der Waals surface area (Å²) in [6.45, 7) is 0.173. The van der Waals surface area contributed by atoms with Crippen LogP contribution in [0.3, 0.4) is 0 Å². The Balaban J connectivity index is 1.78. The number of carbonyl (C=O) groups excluding carboxylic acids is 1. The molecule has 1 fully saturated rings. The molecule has 0 aromatic carbocycles. The SMILES string of the molecule is O=C(Cn1cnnn1)NCC1(C(=O)O)CC1. The van der Waals surface area contributed by atoms with Crippen LogP contribution in [0.1, 0.15) is 12.8 Å². The van der Waals surface area contributed by atoms with E-state index in [9.17, 15) is 9.59 Å². The van der Waals surface area contributed by atoms with E-state index in [1.165, 1.54) is 11.0 Å². The van der Waals surface area contributed by atoms with Gasteiger partial charge in [-0.2, -0.15) is 0 Å². The van der Waals surface area contributed by atoms with Gasteiger partial charge in [-0.25, -0.2) is 4.68 Å². The minimum absolute atomic E-state index is 0.00268. The first-order valence-corrected chi connectivity index (χ1v) is 4.83. The lowest BCUT2D eigenvalue weighted by Crippen LogP contribution is -2.36. The largest absolute Gasteiger partial charge is 0.481 e. The second-order valence-corrected chi connectivity index (χ2v) is 3.87. The zero-order valence-corrected chi connectivity index (χ0v) is 8.46. The molecule has 1 heterocycles. The number of carboxylic acids is 1. The van der Waals surface area contributed by atoms with Crippen molar-refractivity contribution in [2.45, 2.75) is 19.4 Å². The number of hydrogen-bond donors (Lipinski definition) is 2. The standard InChI is InChI=1S/C8H11N5O3/c14-6(3-13-5-10-11-12-13)9-4-8(1-2-8)7(15)16/h5H,1-4H2,(H,9,14)(H,15,16). The molecule has 1 aromatic heterocycles. The van der Waals surface area contributed by atoms with Crippen LogP contribution in [-0.4, -0.2) is 43.7 Å². The van der Waals surface area contributed by atoms with Crippen molar-refractivity contribution in [3.8, 4) is 0 Å². The summed E-state index contributed by atoms with van der Waals surface area (Å²) in [6.07, 6.45) is 2.56. The second-order valence-electron chi connectivity index (χ2n) is 3.87. The molecule has 1 amide bonds.